The molecule has 0 atom stereocenters. The Morgan fingerprint density at radius 3 is 2.67 bits per heavy atom. The molecule has 2 heterocycles. The summed E-state index contributed by atoms with van der Waals surface area (Å²) in [6, 6.07) is 10.6. The average Bonchev–Trinajstić information content (AvgIpc) is 3.23. The van der Waals surface area contributed by atoms with Crippen molar-refractivity contribution in [2.75, 3.05) is 44.5 Å². The molecule has 0 saturated carbocycles. The van der Waals surface area contributed by atoms with Crippen molar-refractivity contribution < 1.29 is 19.6 Å². The molecule has 2 aromatic heterocycles. The van der Waals surface area contributed by atoms with Crippen LogP contribution < -0.4 is 15.0 Å². The minimum atomic E-state index is -1.09. The monoisotopic (exact) mass is 544 g/mol. The molecule has 4 rings (SSSR count). The first-order valence-electron chi connectivity index (χ1n) is 12.2. The number of methoxy groups -OCH3 is 1. The number of ether oxygens (including phenoxy) is 1. The highest BCUT2D eigenvalue weighted by atomic mass is 16.6. The average molecular weight is 545 g/mol. The van der Waals surface area contributed by atoms with E-state index in [4.69, 9.17) is 9.84 Å². The Kier molecular flexibility index (Phi) is 7.71. The molecule has 40 heavy (non-hydrogen) atoms. The Balaban J connectivity index is 1.69. The first kappa shape index (κ1) is 27.6. The van der Waals surface area contributed by atoms with Gasteiger partial charge >= 0.3 is 6.09 Å². The fourth-order valence-corrected chi connectivity index (χ4v) is 4.47. The molecule has 0 bridgehead atoms. The molecule has 0 saturated heterocycles. The van der Waals surface area contributed by atoms with Gasteiger partial charge in [0, 0.05) is 69.7 Å². The topological polar surface area (TPSA) is 163 Å². The van der Waals surface area contributed by atoms with E-state index in [1.807, 2.05) is 30.8 Å². The van der Waals surface area contributed by atoms with E-state index in [1.54, 1.807) is 30.3 Å². The van der Waals surface area contributed by atoms with Crippen LogP contribution in [0.3, 0.4) is 0 Å². The summed E-state index contributed by atoms with van der Waals surface area (Å²) in [6.07, 6.45) is 2.43. The van der Waals surface area contributed by atoms with Crippen molar-refractivity contribution in [1.29, 1.82) is 5.26 Å². The van der Waals surface area contributed by atoms with Gasteiger partial charge in [-0.15, -0.1) is 0 Å². The fourth-order valence-electron chi connectivity index (χ4n) is 4.47. The molecule has 0 radical (unpaired) electrons. The van der Waals surface area contributed by atoms with Gasteiger partial charge in [-0.3, -0.25) is 10.1 Å². The molecule has 13 nitrogen and oxygen atoms in total. The molecule has 2 N–H and O–H groups in total. The van der Waals surface area contributed by atoms with Crippen molar-refractivity contribution in [3.63, 3.8) is 0 Å². The maximum atomic E-state index is 12.0. The number of likely N-dealkylation sites (N-methyl/N-ethyl adjacent to an activating group) is 2. The molecule has 0 fully saturated rings. The zero-order valence-corrected chi connectivity index (χ0v) is 22.7. The van der Waals surface area contributed by atoms with E-state index in [1.165, 1.54) is 26.3 Å². The van der Waals surface area contributed by atoms with Crippen LogP contribution in [0.25, 0.3) is 22.2 Å². The first-order valence-corrected chi connectivity index (χ1v) is 12.2. The van der Waals surface area contributed by atoms with Crippen LogP contribution in [0.15, 0.2) is 42.7 Å². The number of carboxylic acid groups (broad SMARTS) is 1. The number of aromatic nitrogens is 3. The molecule has 0 aliphatic rings. The number of nitro benzene ring substituents is 1. The van der Waals surface area contributed by atoms with Crippen LogP contribution in [0.1, 0.15) is 11.1 Å². The van der Waals surface area contributed by atoms with Crippen molar-refractivity contribution in [1.82, 2.24) is 19.4 Å². The predicted molar refractivity (Wildman–Crippen MR) is 150 cm³/mol. The number of fused-ring (bicyclic) bond motifs is 1. The maximum absolute atomic E-state index is 12.0. The van der Waals surface area contributed by atoms with E-state index in [9.17, 15) is 20.2 Å². The van der Waals surface area contributed by atoms with Crippen molar-refractivity contribution in [3.05, 3.63) is 64.0 Å². The van der Waals surface area contributed by atoms with Crippen LogP contribution in [-0.2, 0) is 7.05 Å². The van der Waals surface area contributed by atoms with Crippen molar-refractivity contribution >= 4 is 40.0 Å². The molecule has 4 aromatic rings. The third-order valence-corrected chi connectivity index (χ3v) is 6.60. The van der Waals surface area contributed by atoms with E-state index >= 15 is 0 Å². The van der Waals surface area contributed by atoms with Crippen LogP contribution in [0, 0.1) is 28.4 Å². The Morgan fingerprint density at radius 2 is 2.02 bits per heavy atom. The molecule has 0 unspecified atom stereocenters. The van der Waals surface area contributed by atoms with E-state index in [0.29, 0.717) is 17.0 Å². The molecule has 2 aromatic carbocycles. The summed E-state index contributed by atoms with van der Waals surface area (Å²) < 4.78 is 7.43. The third-order valence-electron chi connectivity index (χ3n) is 6.60. The molecule has 0 aliphatic heterocycles. The van der Waals surface area contributed by atoms with Gasteiger partial charge in [-0.1, -0.05) is 0 Å². The predicted octanol–water partition coefficient (Wildman–Crippen LogP) is 4.52. The number of carbonyl (C=O) groups is 1. The Labute approximate surface area is 230 Å². The summed E-state index contributed by atoms with van der Waals surface area (Å²) in [5.74, 6) is 0.485. The number of anilines is 3. The summed E-state index contributed by atoms with van der Waals surface area (Å²) in [5, 5.41) is 34.8. The molecular weight excluding hydrogens is 516 g/mol. The number of rotatable bonds is 9. The standard InChI is InChI=1S/C27H28N8O5/c1-16-15-34(4)25-18(14-28)10-17(11-19(16)25)20-6-7-29-26(30-20)31-21-12-23(35(38)39)22(13-24(21)40-5)32(2)8-9-33(3)27(36)37/h6-7,10-13,15H,8-9H2,1-5H3,(H,36,37)(H,29,30,31). The van der Waals surface area contributed by atoms with Gasteiger partial charge < -0.3 is 29.5 Å². The van der Waals surface area contributed by atoms with Gasteiger partial charge in [-0.05, 0) is 30.7 Å². The van der Waals surface area contributed by atoms with Gasteiger partial charge in [0.05, 0.1) is 34.5 Å². The zero-order chi connectivity index (χ0) is 29.1. The van der Waals surface area contributed by atoms with E-state index < -0.39 is 11.0 Å². The van der Waals surface area contributed by atoms with Crippen LogP contribution >= 0.6 is 0 Å². The lowest BCUT2D eigenvalue weighted by atomic mass is 10.0. The highest BCUT2D eigenvalue weighted by Crippen LogP contribution is 2.39. The zero-order valence-electron chi connectivity index (χ0n) is 22.7. The largest absolute Gasteiger partial charge is 0.494 e. The second-order valence-corrected chi connectivity index (χ2v) is 9.27. The second-order valence-electron chi connectivity index (χ2n) is 9.27. The maximum Gasteiger partial charge on any atom is 0.407 e. The van der Waals surface area contributed by atoms with Crippen molar-refractivity contribution in [3.8, 4) is 23.1 Å². The molecular formula is C27H28N8O5. The van der Waals surface area contributed by atoms with Crippen LogP contribution in [0.5, 0.6) is 5.75 Å². The van der Waals surface area contributed by atoms with E-state index in [0.717, 1.165) is 26.9 Å². The Morgan fingerprint density at radius 1 is 1.27 bits per heavy atom. The Bertz CT molecular complexity index is 1660. The Hall–Kier alpha value is -5.38. The lowest BCUT2D eigenvalue weighted by Gasteiger charge is -2.23. The third kappa shape index (κ3) is 5.41. The van der Waals surface area contributed by atoms with Gasteiger partial charge in [-0.2, -0.15) is 5.26 Å². The van der Waals surface area contributed by atoms with Crippen molar-refractivity contribution in [2.24, 2.45) is 7.05 Å². The summed E-state index contributed by atoms with van der Waals surface area (Å²) in [6.45, 7) is 2.35. The lowest BCUT2D eigenvalue weighted by molar-refractivity contribution is -0.384. The SMILES string of the molecule is COc1cc(N(C)CCN(C)C(=O)O)c([N+](=O)[O-])cc1Nc1nccc(-c2cc(C#N)c3c(c2)c(C)cn3C)n1. The summed E-state index contributed by atoms with van der Waals surface area (Å²) in [4.78, 5) is 34.1. The number of hydrogen-bond acceptors (Lipinski definition) is 9. The number of hydrogen-bond donors (Lipinski definition) is 2. The number of amides is 1. The summed E-state index contributed by atoms with van der Waals surface area (Å²) in [7, 11) is 6.39. The number of benzene rings is 2. The highest BCUT2D eigenvalue weighted by molar-refractivity contribution is 5.92. The molecule has 0 spiro atoms. The number of nitrogens with zero attached hydrogens (tertiary/aromatic N) is 7. The van der Waals surface area contributed by atoms with Gasteiger partial charge in [0.25, 0.3) is 5.69 Å². The van der Waals surface area contributed by atoms with Gasteiger partial charge in [0.1, 0.15) is 17.5 Å². The van der Waals surface area contributed by atoms with E-state index in [-0.39, 0.29) is 36.1 Å². The molecule has 206 valence electrons. The number of nitrogens with one attached hydrogen (secondary N) is 1. The molecule has 1 amide bonds. The normalized spacial score (nSPS) is 10.7. The van der Waals surface area contributed by atoms with Gasteiger partial charge in [0.2, 0.25) is 5.95 Å². The molecule has 13 heteroatoms. The molecule has 0 aliphatic carbocycles. The van der Waals surface area contributed by atoms with Gasteiger partial charge in [0.15, 0.2) is 0 Å². The number of nitriles is 1. The van der Waals surface area contributed by atoms with E-state index in [2.05, 4.69) is 21.4 Å². The smallest absolute Gasteiger partial charge is 0.407 e. The van der Waals surface area contributed by atoms with Crippen LogP contribution in [-0.4, -0.2) is 69.9 Å². The number of nitro groups is 1. The second kappa shape index (κ2) is 11.2. The van der Waals surface area contributed by atoms with Gasteiger partial charge in [-0.25, -0.2) is 14.8 Å². The summed E-state index contributed by atoms with van der Waals surface area (Å²) >= 11 is 0. The van der Waals surface area contributed by atoms with Crippen LogP contribution in [0.4, 0.5) is 27.8 Å². The first-order chi connectivity index (χ1) is 19.0. The minimum Gasteiger partial charge on any atom is -0.494 e. The highest BCUT2D eigenvalue weighted by Gasteiger charge is 2.23. The number of aryl methyl sites for hydroxylation is 2. The van der Waals surface area contributed by atoms with Crippen LogP contribution in [0.2, 0.25) is 0 Å². The minimum absolute atomic E-state index is 0.147. The van der Waals surface area contributed by atoms with Crippen molar-refractivity contribution in [2.45, 2.75) is 6.92 Å². The lowest BCUT2D eigenvalue weighted by Crippen LogP contribution is -2.34. The fraction of sp³-hybridized carbons (Fsp3) is 0.259. The quantitative estimate of drug-likeness (QED) is 0.226. The summed E-state index contributed by atoms with van der Waals surface area (Å²) in [5.41, 5.74) is 4.01.